The first-order chi connectivity index (χ1) is 14.5. The van der Waals surface area contributed by atoms with E-state index in [1.807, 2.05) is 73.8 Å². The van der Waals surface area contributed by atoms with Crippen LogP contribution in [0.4, 0.5) is 11.4 Å². The lowest BCUT2D eigenvalue weighted by Crippen LogP contribution is -2.54. The van der Waals surface area contributed by atoms with Crippen molar-refractivity contribution in [2.75, 3.05) is 23.4 Å². The molecule has 0 aliphatic carbocycles. The number of hydrogen-bond donors (Lipinski definition) is 1. The van der Waals surface area contributed by atoms with Crippen molar-refractivity contribution in [1.82, 2.24) is 5.32 Å². The molecule has 2 amide bonds. The standard InChI is InChI=1S/C24H21N3O2S/c1-3-26(2)18-13-11-16(12-14-18)15-20-22(28)25-24(30)27(23(20)29)21-10-6-8-17-7-4-5-9-19(17)21/h4-15H,3H2,1-2H3,(H,25,28,30)/b20-15-. The number of anilines is 2. The molecular weight excluding hydrogens is 394 g/mol. The maximum atomic E-state index is 13.3. The Balaban J connectivity index is 1.73. The maximum absolute atomic E-state index is 13.3. The van der Waals surface area contributed by atoms with E-state index in [4.69, 9.17) is 12.2 Å². The quantitative estimate of drug-likeness (QED) is 0.396. The van der Waals surface area contributed by atoms with Crippen LogP contribution in [-0.2, 0) is 9.59 Å². The molecule has 0 unspecified atom stereocenters. The monoisotopic (exact) mass is 415 g/mol. The summed E-state index contributed by atoms with van der Waals surface area (Å²) >= 11 is 5.34. The van der Waals surface area contributed by atoms with Gasteiger partial charge in [0, 0.05) is 24.7 Å². The summed E-state index contributed by atoms with van der Waals surface area (Å²) in [5.41, 5.74) is 2.53. The van der Waals surface area contributed by atoms with E-state index in [-0.39, 0.29) is 10.7 Å². The molecule has 0 aromatic heterocycles. The highest BCUT2D eigenvalue weighted by Crippen LogP contribution is 2.30. The molecule has 0 radical (unpaired) electrons. The number of carbonyl (C=O) groups excluding carboxylic acids is 2. The van der Waals surface area contributed by atoms with Gasteiger partial charge in [0.05, 0.1) is 5.69 Å². The van der Waals surface area contributed by atoms with Crippen molar-refractivity contribution in [1.29, 1.82) is 0 Å². The van der Waals surface area contributed by atoms with Gasteiger partial charge in [-0.25, -0.2) is 0 Å². The van der Waals surface area contributed by atoms with Gasteiger partial charge in [-0.05, 0) is 54.4 Å². The van der Waals surface area contributed by atoms with Crippen LogP contribution in [0.25, 0.3) is 16.8 Å². The minimum atomic E-state index is -0.490. The topological polar surface area (TPSA) is 52.7 Å². The van der Waals surface area contributed by atoms with Gasteiger partial charge in [-0.1, -0.05) is 48.5 Å². The maximum Gasteiger partial charge on any atom is 0.270 e. The zero-order valence-corrected chi connectivity index (χ0v) is 17.6. The van der Waals surface area contributed by atoms with Gasteiger partial charge in [-0.2, -0.15) is 0 Å². The number of carbonyl (C=O) groups is 2. The van der Waals surface area contributed by atoms with Crippen molar-refractivity contribution in [3.8, 4) is 0 Å². The predicted octanol–water partition coefficient (Wildman–Crippen LogP) is 4.13. The van der Waals surface area contributed by atoms with Gasteiger partial charge in [-0.3, -0.25) is 19.8 Å². The molecule has 5 nitrogen and oxygen atoms in total. The Labute approximate surface area is 180 Å². The summed E-state index contributed by atoms with van der Waals surface area (Å²) in [7, 11) is 2.01. The Bertz CT molecular complexity index is 1180. The Morgan fingerprint density at radius 2 is 1.70 bits per heavy atom. The fraction of sp³-hybridized carbons (Fsp3) is 0.125. The Morgan fingerprint density at radius 3 is 2.43 bits per heavy atom. The van der Waals surface area contributed by atoms with Gasteiger partial charge in [0.2, 0.25) is 0 Å². The molecule has 1 fully saturated rings. The molecule has 150 valence electrons. The van der Waals surface area contributed by atoms with Crippen molar-refractivity contribution >= 4 is 57.4 Å². The van der Waals surface area contributed by atoms with Crippen molar-refractivity contribution in [3.63, 3.8) is 0 Å². The molecule has 1 N–H and O–H groups in total. The van der Waals surface area contributed by atoms with Gasteiger partial charge in [0.25, 0.3) is 11.8 Å². The lowest BCUT2D eigenvalue weighted by molar-refractivity contribution is -0.122. The van der Waals surface area contributed by atoms with Crippen LogP contribution in [0, 0.1) is 0 Å². The number of rotatable bonds is 4. The summed E-state index contributed by atoms with van der Waals surface area (Å²) in [6, 6.07) is 21.2. The lowest BCUT2D eigenvalue weighted by Gasteiger charge is -2.29. The third kappa shape index (κ3) is 3.57. The summed E-state index contributed by atoms with van der Waals surface area (Å²) in [6.45, 7) is 2.96. The van der Waals surface area contributed by atoms with Gasteiger partial charge in [0.15, 0.2) is 5.11 Å². The van der Waals surface area contributed by atoms with Crippen molar-refractivity contribution in [2.45, 2.75) is 6.92 Å². The van der Waals surface area contributed by atoms with E-state index >= 15 is 0 Å². The summed E-state index contributed by atoms with van der Waals surface area (Å²) in [6.07, 6.45) is 1.60. The molecule has 0 atom stereocenters. The molecule has 1 aliphatic rings. The number of amides is 2. The smallest absolute Gasteiger partial charge is 0.270 e. The van der Waals surface area contributed by atoms with E-state index < -0.39 is 11.8 Å². The van der Waals surface area contributed by atoms with E-state index in [1.165, 1.54) is 4.90 Å². The fourth-order valence-electron chi connectivity index (χ4n) is 3.45. The first kappa shape index (κ1) is 19.8. The number of thiocarbonyl (C=S) groups is 1. The van der Waals surface area contributed by atoms with Crippen LogP contribution in [-0.4, -0.2) is 30.5 Å². The first-order valence-electron chi connectivity index (χ1n) is 9.70. The third-order valence-corrected chi connectivity index (χ3v) is 5.51. The number of nitrogens with zero attached hydrogens (tertiary/aromatic N) is 2. The highest BCUT2D eigenvalue weighted by molar-refractivity contribution is 7.80. The van der Waals surface area contributed by atoms with Crippen LogP contribution in [0.1, 0.15) is 12.5 Å². The third-order valence-electron chi connectivity index (χ3n) is 5.23. The van der Waals surface area contributed by atoms with Crippen LogP contribution < -0.4 is 15.1 Å². The van der Waals surface area contributed by atoms with Crippen molar-refractivity contribution < 1.29 is 9.59 Å². The summed E-state index contributed by atoms with van der Waals surface area (Å²) in [5, 5.41) is 4.61. The SMILES string of the molecule is CCN(C)c1ccc(/C=C2/C(=O)NC(=S)N(c3cccc4ccccc34)C2=O)cc1. The number of hydrogen-bond acceptors (Lipinski definition) is 4. The van der Waals surface area contributed by atoms with E-state index in [1.54, 1.807) is 6.08 Å². The van der Waals surface area contributed by atoms with Crippen molar-refractivity contribution in [2.24, 2.45) is 0 Å². The number of benzene rings is 3. The zero-order chi connectivity index (χ0) is 21.3. The molecule has 4 rings (SSSR count). The molecule has 0 spiro atoms. The van der Waals surface area contributed by atoms with E-state index in [0.29, 0.717) is 5.69 Å². The molecule has 1 saturated heterocycles. The molecule has 30 heavy (non-hydrogen) atoms. The normalized spacial score (nSPS) is 15.6. The van der Waals surface area contributed by atoms with Gasteiger partial charge in [-0.15, -0.1) is 0 Å². The lowest BCUT2D eigenvalue weighted by atomic mass is 10.0. The minimum Gasteiger partial charge on any atom is -0.375 e. The van der Waals surface area contributed by atoms with Crippen LogP contribution in [0.2, 0.25) is 0 Å². The highest BCUT2D eigenvalue weighted by atomic mass is 32.1. The zero-order valence-electron chi connectivity index (χ0n) is 16.8. The second kappa shape index (κ2) is 8.08. The predicted molar refractivity (Wildman–Crippen MR) is 126 cm³/mol. The van der Waals surface area contributed by atoms with Crippen LogP contribution in [0.3, 0.4) is 0 Å². The van der Waals surface area contributed by atoms with E-state index in [0.717, 1.165) is 28.6 Å². The van der Waals surface area contributed by atoms with Crippen molar-refractivity contribution in [3.05, 3.63) is 77.9 Å². The Hall–Kier alpha value is -3.51. The molecule has 0 saturated carbocycles. The second-order valence-electron chi connectivity index (χ2n) is 7.06. The number of fused-ring (bicyclic) bond motifs is 1. The first-order valence-corrected chi connectivity index (χ1v) is 10.1. The summed E-state index contributed by atoms with van der Waals surface area (Å²) in [4.78, 5) is 29.4. The van der Waals surface area contributed by atoms with E-state index in [2.05, 4.69) is 17.1 Å². The van der Waals surface area contributed by atoms with E-state index in [9.17, 15) is 9.59 Å². The van der Waals surface area contributed by atoms with Crippen LogP contribution >= 0.6 is 12.2 Å². The molecule has 3 aromatic carbocycles. The number of nitrogens with one attached hydrogen (secondary N) is 1. The minimum absolute atomic E-state index is 0.0492. The van der Waals surface area contributed by atoms with Gasteiger partial charge >= 0.3 is 0 Å². The molecule has 0 bridgehead atoms. The van der Waals surface area contributed by atoms with Crippen LogP contribution in [0.15, 0.2) is 72.3 Å². The van der Waals surface area contributed by atoms with Crippen LogP contribution in [0.5, 0.6) is 0 Å². The fourth-order valence-corrected chi connectivity index (χ4v) is 3.73. The second-order valence-corrected chi connectivity index (χ2v) is 7.45. The highest BCUT2D eigenvalue weighted by Gasteiger charge is 2.35. The summed E-state index contributed by atoms with van der Waals surface area (Å²) in [5.74, 6) is -0.925. The largest absolute Gasteiger partial charge is 0.375 e. The molecule has 3 aromatic rings. The molecule has 6 heteroatoms. The average Bonchev–Trinajstić information content (AvgIpc) is 2.76. The molecule has 1 aliphatic heterocycles. The average molecular weight is 416 g/mol. The molecular formula is C24H21N3O2S. The van der Waals surface area contributed by atoms with Gasteiger partial charge < -0.3 is 4.90 Å². The molecule has 1 heterocycles. The van der Waals surface area contributed by atoms with Gasteiger partial charge in [0.1, 0.15) is 5.57 Å². The summed E-state index contributed by atoms with van der Waals surface area (Å²) < 4.78 is 0. The Morgan fingerprint density at radius 1 is 1.00 bits per heavy atom. The Kier molecular flexibility index (Phi) is 5.33.